The predicted molar refractivity (Wildman–Crippen MR) is 56.0 cm³/mol. The highest BCUT2D eigenvalue weighted by atomic mass is 16.3. The number of aromatic nitrogens is 1. The SMILES string of the molecule is CC(C)NCc1nc2ccccc2o1. The number of oxazole rings is 1. The van der Waals surface area contributed by atoms with E-state index in [2.05, 4.69) is 24.1 Å². The lowest BCUT2D eigenvalue weighted by Gasteiger charge is -2.03. The monoisotopic (exact) mass is 190 g/mol. The Morgan fingerprint density at radius 2 is 2.14 bits per heavy atom. The minimum Gasteiger partial charge on any atom is -0.439 e. The largest absolute Gasteiger partial charge is 0.439 e. The van der Waals surface area contributed by atoms with Crippen molar-refractivity contribution in [1.82, 2.24) is 10.3 Å². The molecule has 0 radical (unpaired) electrons. The first-order chi connectivity index (χ1) is 6.75. The van der Waals surface area contributed by atoms with Crippen molar-refractivity contribution in [3.63, 3.8) is 0 Å². The van der Waals surface area contributed by atoms with Crippen LogP contribution in [0.5, 0.6) is 0 Å². The van der Waals surface area contributed by atoms with Crippen molar-refractivity contribution in [2.75, 3.05) is 0 Å². The number of nitrogens with one attached hydrogen (secondary N) is 1. The van der Waals surface area contributed by atoms with Gasteiger partial charge in [-0.25, -0.2) is 4.98 Å². The second kappa shape index (κ2) is 3.80. The summed E-state index contributed by atoms with van der Waals surface area (Å²) in [5, 5.41) is 3.27. The summed E-state index contributed by atoms with van der Waals surface area (Å²) in [6, 6.07) is 8.25. The van der Waals surface area contributed by atoms with E-state index in [9.17, 15) is 0 Å². The zero-order chi connectivity index (χ0) is 9.97. The molecule has 1 aromatic carbocycles. The van der Waals surface area contributed by atoms with Crippen LogP contribution in [-0.4, -0.2) is 11.0 Å². The normalized spacial score (nSPS) is 11.4. The summed E-state index contributed by atoms with van der Waals surface area (Å²) < 4.78 is 5.54. The Morgan fingerprint density at radius 1 is 1.36 bits per heavy atom. The number of hydrogen-bond donors (Lipinski definition) is 1. The van der Waals surface area contributed by atoms with E-state index < -0.39 is 0 Å². The van der Waals surface area contributed by atoms with Gasteiger partial charge in [0.15, 0.2) is 5.58 Å². The van der Waals surface area contributed by atoms with Gasteiger partial charge in [0, 0.05) is 6.04 Å². The lowest BCUT2D eigenvalue weighted by molar-refractivity contribution is 0.472. The van der Waals surface area contributed by atoms with Crippen molar-refractivity contribution in [2.45, 2.75) is 26.4 Å². The predicted octanol–water partition coefficient (Wildman–Crippen LogP) is 2.33. The third kappa shape index (κ3) is 1.93. The van der Waals surface area contributed by atoms with E-state index in [0.29, 0.717) is 12.6 Å². The van der Waals surface area contributed by atoms with Gasteiger partial charge >= 0.3 is 0 Å². The first-order valence-corrected chi connectivity index (χ1v) is 4.83. The molecule has 0 spiro atoms. The van der Waals surface area contributed by atoms with Crippen LogP contribution in [0.2, 0.25) is 0 Å². The van der Waals surface area contributed by atoms with Crippen LogP contribution in [0.4, 0.5) is 0 Å². The molecule has 0 aliphatic rings. The van der Waals surface area contributed by atoms with Gasteiger partial charge in [-0.2, -0.15) is 0 Å². The van der Waals surface area contributed by atoms with E-state index in [1.165, 1.54) is 0 Å². The minimum absolute atomic E-state index is 0.449. The van der Waals surface area contributed by atoms with Crippen molar-refractivity contribution in [2.24, 2.45) is 0 Å². The molecule has 3 nitrogen and oxygen atoms in total. The second-order valence-corrected chi connectivity index (χ2v) is 3.61. The molecule has 0 fully saturated rings. The van der Waals surface area contributed by atoms with Crippen LogP contribution >= 0.6 is 0 Å². The molecule has 0 amide bonds. The molecule has 0 saturated carbocycles. The van der Waals surface area contributed by atoms with E-state index in [0.717, 1.165) is 17.0 Å². The van der Waals surface area contributed by atoms with E-state index in [-0.39, 0.29) is 0 Å². The summed E-state index contributed by atoms with van der Waals surface area (Å²) in [5.41, 5.74) is 1.78. The highest BCUT2D eigenvalue weighted by Gasteiger charge is 2.04. The van der Waals surface area contributed by atoms with Crippen molar-refractivity contribution >= 4 is 11.1 Å². The Labute approximate surface area is 83.1 Å². The molecule has 2 rings (SSSR count). The average Bonchev–Trinajstić information content (AvgIpc) is 2.57. The minimum atomic E-state index is 0.449. The van der Waals surface area contributed by atoms with Crippen molar-refractivity contribution in [3.8, 4) is 0 Å². The molecule has 2 aromatic rings. The molecular formula is C11H14N2O. The number of benzene rings is 1. The van der Waals surface area contributed by atoms with Crippen LogP contribution in [0.15, 0.2) is 28.7 Å². The van der Waals surface area contributed by atoms with E-state index in [1.54, 1.807) is 0 Å². The van der Waals surface area contributed by atoms with Gasteiger partial charge in [-0.1, -0.05) is 26.0 Å². The van der Waals surface area contributed by atoms with Crippen LogP contribution in [0.3, 0.4) is 0 Å². The summed E-state index contributed by atoms with van der Waals surface area (Å²) >= 11 is 0. The van der Waals surface area contributed by atoms with E-state index in [4.69, 9.17) is 4.42 Å². The van der Waals surface area contributed by atoms with Crippen molar-refractivity contribution in [3.05, 3.63) is 30.2 Å². The molecule has 14 heavy (non-hydrogen) atoms. The molecule has 1 heterocycles. The molecule has 1 aromatic heterocycles. The number of para-hydroxylation sites is 2. The van der Waals surface area contributed by atoms with Gasteiger partial charge in [0.05, 0.1) is 6.54 Å². The summed E-state index contributed by atoms with van der Waals surface area (Å²) in [7, 11) is 0. The molecule has 3 heteroatoms. The highest BCUT2D eigenvalue weighted by molar-refractivity contribution is 5.72. The standard InChI is InChI=1S/C11H14N2O/c1-8(2)12-7-11-13-9-5-3-4-6-10(9)14-11/h3-6,8,12H,7H2,1-2H3. The molecule has 0 bridgehead atoms. The number of hydrogen-bond acceptors (Lipinski definition) is 3. The summed E-state index contributed by atoms with van der Waals surface area (Å²) in [4.78, 5) is 4.36. The van der Waals surface area contributed by atoms with Gasteiger partial charge in [0.1, 0.15) is 5.52 Å². The molecule has 0 aliphatic heterocycles. The molecule has 74 valence electrons. The molecule has 0 unspecified atom stereocenters. The van der Waals surface area contributed by atoms with Crippen LogP contribution in [-0.2, 0) is 6.54 Å². The maximum absolute atomic E-state index is 5.54. The van der Waals surface area contributed by atoms with Crippen LogP contribution < -0.4 is 5.32 Å². The maximum atomic E-state index is 5.54. The van der Waals surface area contributed by atoms with Gasteiger partial charge in [0.2, 0.25) is 5.89 Å². The summed E-state index contributed by atoms with van der Waals surface area (Å²) in [6.45, 7) is 4.89. The van der Waals surface area contributed by atoms with Gasteiger partial charge in [-0.15, -0.1) is 0 Å². The fourth-order valence-electron chi connectivity index (χ4n) is 1.29. The Balaban J connectivity index is 2.19. The first kappa shape index (κ1) is 9.21. The third-order valence-electron chi connectivity index (χ3n) is 2.00. The average molecular weight is 190 g/mol. The molecule has 1 N–H and O–H groups in total. The number of nitrogens with zero attached hydrogens (tertiary/aromatic N) is 1. The smallest absolute Gasteiger partial charge is 0.209 e. The van der Waals surface area contributed by atoms with Crippen LogP contribution in [0.1, 0.15) is 19.7 Å². The highest BCUT2D eigenvalue weighted by Crippen LogP contribution is 2.14. The third-order valence-corrected chi connectivity index (χ3v) is 2.00. The Morgan fingerprint density at radius 3 is 2.86 bits per heavy atom. The second-order valence-electron chi connectivity index (χ2n) is 3.61. The molecule has 0 atom stereocenters. The maximum Gasteiger partial charge on any atom is 0.209 e. The molecular weight excluding hydrogens is 176 g/mol. The first-order valence-electron chi connectivity index (χ1n) is 4.83. The number of rotatable bonds is 3. The van der Waals surface area contributed by atoms with Gasteiger partial charge in [-0.05, 0) is 12.1 Å². The van der Waals surface area contributed by atoms with Gasteiger partial charge in [0.25, 0.3) is 0 Å². The molecule has 0 aliphatic carbocycles. The number of fused-ring (bicyclic) bond motifs is 1. The topological polar surface area (TPSA) is 38.1 Å². The summed E-state index contributed by atoms with van der Waals surface area (Å²) in [6.07, 6.45) is 0. The zero-order valence-electron chi connectivity index (χ0n) is 8.45. The fourth-order valence-corrected chi connectivity index (χ4v) is 1.29. The van der Waals surface area contributed by atoms with Crippen LogP contribution in [0, 0.1) is 0 Å². The lowest BCUT2D eigenvalue weighted by atomic mass is 10.3. The van der Waals surface area contributed by atoms with Crippen LogP contribution in [0.25, 0.3) is 11.1 Å². The molecule has 0 saturated heterocycles. The van der Waals surface area contributed by atoms with Crippen molar-refractivity contribution < 1.29 is 4.42 Å². The Hall–Kier alpha value is -1.35. The van der Waals surface area contributed by atoms with Crippen molar-refractivity contribution in [1.29, 1.82) is 0 Å². The van der Waals surface area contributed by atoms with Gasteiger partial charge < -0.3 is 9.73 Å². The quantitative estimate of drug-likeness (QED) is 0.807. The lowest BCUT2D eigenvalue weighted by Crippen LogP contribution is -2.21. The Kier molecular flexibility index (Phi) is 2.50. The van der Waals surface area contributed by atoms with E-state index >= 15 is 0 Å². The zero-order valence-corrected chi connectivity index (χ0v) is 8.45. The summed E-state index contributed by atoms with van der Waals surface area (Å²) in [5.74, 6) is 0.750. The van der Waals surface area contributed by atoms with Gasteiger partial charge in [-0.3, -0.25) is 0 Å². The van der Waals surface area contributed by atoms with E-state index in [1.807, 2.05) is 24.3 Å². The fraction of sp³-hybridized carbons (Fsp3) is 0.364. The Bertz CT molecular complexity index is 387.